The van der Waals surface area contributed by atoms with Crippen molar-refractivity contribution >= 4 is 59.3 Å². The Labute approximate surface area is 177 Å². The van der Waals surface area contributed by atoms with Crippen molar-refractivity contribution in [1.82, 2.24) is 9.97 Å². The Hall–Kier alpha value is -2.71. The highest BCUT2D eigenvalue weighted by Gasteiger charge is 2.15. The molecule has 0 aliphatic carbocycles. The summed E-state index contributed by atoms with van der Waals surface area (Å²) in [7, 11) is 1.88. The molecule has 0 saturated heterocycles. The number of hydrogen-bond donors (Lipinski definition) is 1. The van der Waals surface area contributed by atoms with E-state index in [1.807, 2.05) is 37.1 Å². The van der Waals surface area contributed by atoms with E-state index in [4.69, 9.17) is 9.72 Å². The summed E-state index contributed by atoms with van der Waals surface area (Å²) in [6, 6.07) is 9.94. The number of likely N-dealkylation sites (N-methyl/N-ethyl adjacent to an activating group) is 1. The summed E-state index contributed by atoms with van der Waals surface area (Å²) >= 11 is 3.05. The zero-order chi connectivity index (χ0) is 20.5. The maximum atomic E-state index is 12.6. The molecule has 29 heavy (non-hydrogen) atoms. The number of fused-ring (bicyclic) bond motifs is 2. The molecule has 150 valence electrons. The summed E-state index contributed by atoms with van der Waals surface area (Å²) in [6.07, 6.45) is 0. The first-order valence-electron chi connectivity index (χ1n) is 9.35. The number of benzene rings is 2. The zero-order valence-electron chi connectivity index (χ0n) is 16.8. The Morgan fingerprint density at radius 1 is 1.14 bits per heavy atom. The van der Waals surface area contributed by atoms with Gasteiger partial charge in [-0.15, -0.1) is 0 Å². The minimum Gasteiger partial charge on any atom is -0.494 e. The SMILES string of the molecule is CCOc1ccc2nc(NC(=O)CN(C)c3nc4c(C)ccc(C)c4s3)sc2c1. The van der Waals surface area contributed by atoms with Gasteiger partial charge in [-0.05, 0) is 50.1 Å². The van der Waals surface area contributed by atoms with E-state index in [0.29, 0.717) is 11.7 Å². The van der Waals surface area contributed by atoms with Crippen LogP contribution < -0.4 is 15.0 Å². The van der Waals surface area contributed by atoms with E-state index >= 15 is 0 Å². The number of nitrogens with one attached hydrogen (secondary N) is 1. The minimum atomic E-state index is -0.121. The summed E-state index contributed by atoms with van der Waals surface area (Å²) in [6.45, 7) is 6.92. The number of hydrogen-bond acceptors (Lipinski definition) is 7. The first-order chi connectivity index (χ1) is 13.9. The molecule has 4 rings (SSSR count). The smallest absolute Gasteiger partial charge is 0.245 e. The molecule has 1 amide bonds. The summed E-state index contributed by atoms with van der Waals surface area (Å²) < 4.78 is 7.68. The van der Waals surface area contributed by atoms with Crippen molar-refractivity contribution in [3.63, 3.8) is 0 Å². The summed E-state index contributed by atoms with van der Waals surface area (Å²) in [5.41, 5.74) is 4.20. The molecule has 4 aromatic rings. The van der Waals surface area contributed by atoms with Gasteiger partial charge in [0.2, 0.25) is 5.91 Å². The largest absolute Gasteiger partial charge is 0.494 e. The molecule has 0 aliphatic heterocycles. The monoisotopic (exact) mass is 426 g/mol. The van der Waals surface area contributed by atoms with E-state index in [2.05, 4.69) is 36.3 Å². The number of ether oxygens (including phenoxy) is 1. The van der Waals surface area contributed by atoms with Crippen molar-refractivity contribution < 1.29 is 9.53 Å². The van der Waals surface area contributed by atoms with Gasteiger partial charge in [0.1, 0.15) is 5.75 Å². The van der Waals surface area contributed by atoms with E-state index in [-0.39, 0.29) is 12.5 Å². The first-order valence-corrected chi connectivity index (χ1v) is 11.0. The Morgan fingerprint density at radius 2 is 1.93 bits per heavy atom. The van der Waals surface area contributed by atoms with E-state index in [1.54, 1.807) is 11.3 Å². The van der Waals surface area contributed by atoms with Gasteiger partial charge in [-0.25, -0.2) is 9.97 Å². The van der Waals surface area contributed by atoms with E-state index in [0.717, 1.165) is 32.2 Å². The lowest BCUT2D eigenvalue weighted by Gasteiger charge is -2.14. The highest BCUT2D eigenvalue weighted by molar-refractivity contribution is 7.22. The van der Waals surface area contributed by atoms with Crippen molar-refractivity contribution in [1.29, 1.82) is 0 Å². The van der Waals surface area contributed by atoms with Crippen molar-refractivity contribution in [2.45, 2.75) is 20.8 Å². The van der Waals surface area contributed by atoms with Crippen LogP contribution in [-0.4, -0.2) is 36.1 Å². The lowest BCUT2D eigenvalue weighted by molar-refractivity contribution is -0.114. The highest BCUT2D eigenvalue weighted by Crippen LogP contribution is 2.33. The lowest BCUT2D eigenvalue weighted by Crippen LogP contribution is -2.29. The van der Waals surface area contributed by atoms with Gasteiger partial charge in [-0.1, -0.05) is 34.8 Å². The van der Waals surface area contributed by atoms with Crippen LogP contribution in [0.5, 0.6) is 5.75 Å². The number of thiazole rings is 2. The average molecular weight is 427 g/mol. The number of anilines is 2. The number of rotatable bonds is 6. The van der Waals surface area contributed by atoms with Crippen LogP contribution in [0.3, 0.4) is 0 Å². The van der Waals surface area contributed by atoms with Gasteiger partial charge >= 0.3 is 0 Å². The second-order valence-corrected chi connectivity index (χ2v) is 8.87. The van der Waals surface area contributed by atoms with Crippen LogP contribution in [0, 0.1) is 13.8 Å². The van der Waals surface area contributed by atoms with Crippen molar-refractivity contribution in [2.24, 2.45) is 0 Å². The van der Waals surface area contributed by atoms with Gasteiger partial charge in [0.15, 0.2) is 10.3 Å². The fraction of sp³-hybridized carbons (Fsp3) is 0.286. The molecule has 1 N–H and O–H groups in total. The molecule has 0 bridgehead atoms. The molecule has 0 atom stereocenters. The molecule has 2 heterocycles. The van der Waals surface area contributed by atoms with Gasteiger partial charge in [0.25, 0.3) is 0 Å². The molecule has 2 aromatic carbocycles. The fourth-order valence-electron chi connectivity index (χ4n) is 3.07. The summed E-state index contributed by atoms with van der Waals surface area (Å²) in [4.78, 5) is 23.7. The predicted octanol–water partition coefficient (Wildman–Crippen LogP) is 5.00. The molecule has 0 spiro atoms. The Balaban J connectivity index is 1.47. The molecule has 2 aromatic heterocycles. The predicted molar refractivity (Wildman–Crippen MR) is 122 cm³/mol. The quantitative estimate of drug-likeness (QED) is 0.470. The van der Waals surface area contributed by atoms with Gasteiger partial charge in [0.05, 0.1) is 33.6 Å². The Bertz CT molecular complexity index is 1160. The van der Waals surface area contributed by atoms with E-state index < -0.39 is 0 Å². The fourth-order valence-corrected chi connectivity index (χ4v) is 5.05. The maximum absolute atomic E-state index is 12.6. The molecule has 6 nitrogen and oxygen atoms in total. The Kier molecular flexibility index (Phi) is 5.38. The number of aromatic nitrogens is 2. The van der Waals surface area contributed by atoms with Crippen molar-refractivity contribution in [3.8, 4) is 5.75 Å². The first kappa shape index (κ1) is 19.6. The minimum absolute atomic E-state index is 0.121. The van der Waals surface area contributed by atoms with Gasteiger partial charge in [-0.3, -0.25) is 4.79 Å². The molecular formula is C21H22N4O2S2. The number of aryl methyl sites for hydroxylation is 2. The van der Waals surface area contributed by atoms with Crippen LogP contribution in [0.25, 0.3) is 20.4 Å². The van der Waals surface area contributed by atoms with Gasteiger partial charge < -0.3 is 15.0 Å². The molecule has 0 saturated carbocycles. The maximum Gasteiger partial charge on any atom is 0.245 e. The van der Waals surface area contributed by atoms with Crippen molar-refractivity contribution in [3.05, 3.63) is 41.5 Å². The van der Waals surface area contributed by atoms with E-state index in [1.165, 1.54) is 21.6 Å². The van der Waals surface area contributed by atoms with Crippen LogP contribution in [-0.2, 0) is 4.79 Å². The third kappa shape index (κ3) is 4.04. The number of carbonyl (C=O) groups excluding carboxylic acids is 1. The lowest BCUT2D eigenvalue weighted by atomic mass is 10.1. The molecule has 0 unspecified atom stereocenters. The zero-order valence-corrected chi connectivity index (χ0v) is 18.4. The summed E-state index contributed by atoms with van der Waals surface area (Å²) in [5, 5.41) is 4.32. The molecule has 0 fully saturated rings. The van der Waals surface area contributed by atoms with Crippen LogP contribution in [0.2, 0.25) is 0 Å². The van der Waals surface area contributed by atoms with Crippen LogP contribution in [0.1, 0.15) is 18.1 Å². The standard InChI is InChI=1S/C21H22N4O2S2/c1-5-27-14-8-9-15-16(10-14)28-20(22-15)23-17(26)11-25(4)21-24-18-12(2)6-7-13(3)19(18)29-21/h6-10H,5,11H2,1-4H3,(H,22,23,26). The Morgan fingerprint density at radius 3 is 2.69 bits per heavy atom. The topological polar surface area (TPSA) is 67.3 Å². The normalized spacial score (nSPS) is 11.2. The second-order valence-electron chi connectivity index (χ2n) is 6.86. The molecule has 0 radical (unpaired) electrons. The number of amides is 1. The second kappa shape index (κ2) is 7.96. The number of carbonyl (C=O) groups is 1. The van der Waals surface area contributed by atoms with Crippen molar-refractivity contribution in [2.75, 3.05) is 30.4 Å². The van der Waals surface area contributed by atoms with Crippen LogP contribution >= 0.6 is 22.7 Å². The van der Waals surface area contributed by atoms with Gasteiger partial charge in [0, 0.05) is 7.05 Å². The molecule has 0 aliphatic rings. The van der Waals surface area contributed by atoms with Gasteiger partial charge in [-0.2, -0.15) is 0 Å². The number of nitrogens with zero attached hydrogens (tertiary/aromatic N) is 3. The summed E-state index contributed by atoms with van der Waals surface area (Å²) in [5.74, 6) is 0.687. The van der Waals surface area contributed by atoms with Crippen LogP contribution in [0.4, 0.5) is 10.3 Å². The highest BCUT2D eigenvalue weighted by atomic mass is 32.1. The average Bonchev–Trinajstić information content (AvgIpc) is 3.29. The third-order valence-corrected chi connectivity index (χ3v) is 6.79. The van der Waals surface area contributed by atoms with E-state index in [9.17, 15) is 4.79 Å². The van der Waals surface area contributed by atoms with Crippen LogP contribution in [0.15, 0.2) is 30.3 Å². The molecule has 8 heteroatoms. The molecular weight excluding hydrogens is 404 g/mol. The third-order valence-electron chi connectivity index (χ3n) is 4.56.